The molecule has 0 aromatic carbocycles. The summed E-state index contributed by atoms with van der Waals surface area (Å²) in [4.78, 5) is 15.5. The third kappa shape index (κ3) is 3.22. The third-order valence-corrected chi connectivity index (χ3v) is 3.41. The maximum atomic E-state index is 11.2. The van der Waals surface area contributed by atoms with Gasteiger partial charge in [0, 0.05) is 11.7 Å². The van der Waals surface area contributed by atoms with Gasteiger partial charge < -0.3 is 10.4 Å². The second-order valence-corrected chi connectivity index (χ2v) is 5.08. The maximum Gasteiger partial charge on any atom is 0.339 e. The lowest BCUT2D eigenvalue weighted by Gasteiger charge is -2.18. The highest BCUT2D eigenvalue weighted by Gasteiger charge is 2.25. The highest BCUT2D eigenvalue weighted by atomic mass is 16.4. The summed E-state index contributed by atoms with van der Waals surface area (Å²) in [7, 11) is 0. The molecule has 1 atom stereocenters. The predicted octanol–water partition coefficient (Wildman–Crippen LogP) is 3.08. The quantitative estimate of drug-likeness (QED) is 0.812. The summed E-state index contributed by atoms with van der Waals surface area (Å²) in [6.07, 6.45) is 4.73. The molecule has 1 unspecified atom stereocenters. The van der Waals surface area contributed by atoms with Crippen LogP contribution in [0, 0.1) is 12.8 Å². The first-order chi connectivity index (χ1) is 8.60. The van der Waals surface area contributed by atoms with E-state index in [-0.39, 0.29) is 5.56 Å². The van der Waals surface area contributed by atoms with Gasteiger partial charge in [0.25, 0.3) is 0 Å². The number of carboxylic acids is 1. The number of hydrogen-bond donors (Lipinski definition) is 2. The highest BCUT2D eigenvalue weighted by molar-refractivity contribution is 5.93. The van der Waals surface area contributed by atoms with Crippen LogP contribution in [0.4, 0.5) is 5.82 Å². The van der Waals surface area contributed by atoms with Crippen molar-refractivity contribution in [1.82, 2.24) is 4.98 Å². The van der Waals surface area contributed by atoms with Crippen LogP contribution < -0.4 is 5.32 Å². The molecule has 2 rings (SSSR count). The highest BCUT2D eigenvalue weighted by Crippen LogP contribution is 2.34. The van der Waals surface area contributed by atoms with Gasteiger partial charge in [-0.25, -0.2) is 9.78 Å². The topological polar surface area (TPSA) is 62.2 Å². The lowest BCUT2D eigenvalue weighted by molar-refractivity contribution is 0.0697. The Morgan fingerprint density at radius 3 is 2.83 bits per heavy atom. The third-order valence-electron chi connectivity index (χ3n) is 3.41. The largest absolute Gasteiger partial charge is 0.478 e. The molecule has 1 heterocycles. The molecule has 1 fully saturated rings. The molecule has 98 valence electrons. The zero-order valence-corrected chi connectivity index (χ0v) is 10.9. The molecule has 1 aliphatic rings. The van der Waals surface area contributed by atoms with Gasteiger partial charge in [0.05, 0.1) is 0 Å². The second-order valence-electron chi connectivity index (χ2n) is 5.08. The molecule has 1 saturated carbocycles. The van der Waals surface area contributed by atoms with Gasteiger partial charge in [0.15, 0.2) is 0 Å². The van der Waals surface area contributed by atoms with Crippen LogP contribution in [-0.2, 0) is 0 Å². The lowest BCUT2D eigenvalue weighted by Crippen LogP contribution is -2.22. The standard InChI is InChI=1S/C14H20N2O2/c1-3-11(8-10-5-6-10)16-13-12(14(17)18)7-4-9(2)15-13/h4,7,10-11H,3,5-6,8H2,1-2H3,(H,15,16)(H,17,18). The number of rotatable bonds is 6. The van der Waals surface area contributed by atoms with Gasteiger partial charge in [-0.1, -0.05) is 19.8 Å². The molecule has 2 N–H and O–H groups in total. The van der Waals surface area contributed by atoms with Crippen molar-refractivity contribution in [2.24, 2.45) is 5.92 Å². The van der Waals surface area contributed by atoms with Gasteiger partial charge in [-0.2, -0.15) is 0 Å². The van der Waals surface area contributed by atoms with Crippen molar-refractivity contribution in [3.05, 3.63) is 23.4 Å². The first-order valence-electron chi connectivity index (χ1n) is 6.57. The number of aryl methyl sites for hydroxylation is 1. The summed E-state index contributed by atoms with van der Waals surface area (Å²) < 4.78 is 0. The van der Waals surface area contributed by atoms with Crippen LogP contribution in [-0.4, -0.2) is 22.1 Å². The Bertz CT molecular complexity index is 441. The molecule has 0 radical (unpaired) electrons. The minimum absolute atomic E-state index is 0.259. The van der Waals surface area contributed by atoms with Gasteiger partial charge in [-0.3, -0.25) is 0 Å². The molecule has 18 heavy (non-hydrogen) atoms. The fourth-order valence-electron chi connectivity index (χ4n) is 2.12. The number of pyridine rings is 1. The fourth-order valence-corrected chi connectivity index (χ4v) is 2.12. The van der Waals surface area contributed by atoms with Crippen molar-refractivity contribution in [2.45, 2.75) is 45.6 Å². The molecular weight excluding hydrogens is 228 g/mol. The number of carboxylic acid groups (broad SMARTS) is 1. The first kappa shape index (κ1) is 12.9. The predicted molar refractivity (Wildman–Crippen MR) is 71.0 cm³/mol. The zero-order chi connectivity index (χ0) is 13.1. The minimum Gasteiger partial charge on any atom is -0.478 e. The van der Waals surface area contributed by atoms with E-state index in [1.54, 1.807) is 12.1 Å². The van der Waals surface area contributed by atoms with E-state index in [2.05, 4.69) is 17.2 Å². The number of aromatic carboxylic acids is 1. The Labute approximate surface area is 107 Å². The molecule has 4 nitrogen and oxygen atoms in total. The fraction of sp³-hybridized carbons (Fsp3) is 0.571. The van der Waals surface area contributed by atoms with E-state index < -0.39 is 5.97 Å². The SMILES string of the molecule is CCC(CC1CC1)Nc1nc(C)ccc1C(=O)O. The van der Waals surface area contributed by atoms with Crippen LogP contribution >= 0.6 is 0 Å². The second kappa shape index (κ2) is 5.38. The summed E-state index contributed by atoms with van der Waals surface area (Å²) in [6, 6.07) is 3.68. The number of nitrogens with zero attached hydrogens (tertiary/aromatic N) is 1. The van der Waals surface area contributed by atoms with Gasteiger partial charge >= 0.3 is 5.97 Å². The molecule has 1 aliphatic carbocycles. The average Bonchev–Trinajstić information content (AvgIpc) is 3.11. The molecule has 1 aromatic rings. The Morgan fingerprint density at radius 2 is 2.28 bits per heavy atom. The van der Waals surface area contributed by atoms with Crippen molar-refractivity contribution >= 4 is 11.8 Å². The van der Waals surface area contributed by atoms with E-state index in [0.29, 0.717) is 11.9 Å². The van der Waals surface area contributed by atoms with Gasteiger partial charge in [0.1, 0.15) is 11.4 Å². The Kier molecular flexibility index (Phi) is 3.84. The van der Waals surface area contributed by atoms with Crippen LogP contribution in [0.3, 0.4) is 0 Å². The van der Waals surface area contributed by atoms with E-state index in [4.69, 9.17) is 5.11 Å². The number of aromatic nitrogens is 1. The molecule has 0 spiro atoms. The van der Waals surface area contributed by atoms with E-state index in [1.807, 2.05) is 6.92 Å². The first-order valence-corrected chi connectivity index (χ1v) is 6.57. The van der Waals surface area contributed by atoms with Crippen LogP contribution in [0.1, 0.15) is 48.7 Å². The normalized spacial score (nSPS) is 16.3. The molecule has 1 aromatic heterocycles. The van der Waals surface area contributed by atoms with Crippen molar-refractivity contribution in [3.63, 3.8) is 0 Å². The lowest BCUT2D eigenvalue weighted by atomic mass is 10.1. The van der Waals surface area contributed by atoms with E-state index in [1.165, 1.54) is 12.8 Å². The maximum absolute atomic E-state index is 11.2. The van der Waals surface area contributed by atoms with Crippen molar-refractivity contribution < 1.29 is 9.90 Å². The Morgan fingerprint density at radius 1 is 1.56 bits per heavy atom. The number of nitrogens with one attached hydrogen (secondary N) is 1. The molecular formula is C14H20N2O2. The van der Waals surface area contributed by atoms with Crippen LogP contribution in [0.5, 0.6) is 0 Å². The minimum atomic E-state index is -0.925. The molecule has 0 aliphatic heterocycles. The van der Waals surface area contributed by atoms with Crippen LogP contribution in [0.15, 0.2) is 12.1 Å². The van der Waals surface area contributed by atoms with Crippen LogP contribution in [0.2, 0.25) is 0 Å². The zero-order valence-electron chi connectivity index (χ0n) is 10.9. The van der Waals surface area contributed by atoms with Gasteiger partial charge in [-0.15, -0.1) is 0 Å². The molecule has 0 bridgehead atoms. The summed E-state index contributed by atoms with van der Waals surface area (Å²) in [5.41, 5.74) is 1.10. The summed E-state index contributed by atoms with van der Waals surface area (Å²) in [6.45, 7) is 3.99. The molecule has 0 amide bonds. The summed E-state index contributed by atoms with van der Waals surface area (Å²) in [5.74, 6) is 0.404. The van der Waals surface area contributed by atoms with Crippen molar-refractivity contribution in [1.29, 1.82) is 0 Å². The average molecular weight is 248 g/mol. The smallest absolute Gasteiger partial charge is 0.339 e. The van der Waals surface area contributed by atoms with E-state index in [0.717, 1.165) is 24.5 Å². The number of anilines is 1. The van der Waals surface area contributed by atoms with Gasteiger partial charge in [0.2, 0.25) is 0 Å². The van der Waals surface area contributed by atoms with Gasteiger partial charge in [-0.05, 0) is 37.8 Å². The van der Waals surface area contributed by atoms with E-state index in [9.17, 15) is 4.79 Å². The molecule has 0 saturated heterocycles. The monoisotopic (exact) mass is 248 g/mol. The van der Waals surface area contributed by atoms with Crippen molar-refractivity contribution in [3.8, 4) is 0 Å². The summed E-state index contributed by atoms with van der Waals surface area (Å²) in [5, 5.41) is 12.5. The molecule has 4 heteroatoms. The number of carbonyl (C=O) groups is 1. The Balaban J connectivity index is 2.14. The summed E-state index contributed by atoms with van der Waals surface area (Å²) >= 11 is 0. The number of hydrogen-bond acceptors (Lipinski definition) is 3. The van der Waals surface area contributed by atoms with Crippen LogP contribution in [0.25, 0.3) is 0 Å². The van der Waals surface area contributed by atoms with E-state index >= 15 is 0 Å². The van der Waals surface area contributed by atoms with Crippen molar-refractivity contribution in [2.75, 3.05) is 5.32 Å². The Hall–Kier alpha value is -1.58.